The molecule has 17 heavy (non-hydrogen) atoms. The van der Waals surface area contributed by atoms with Crippen LogP contribution < -0.4 is 5.32 Å². The van der Waals surface area contributed by atoms with Gasteiger partial charge in [0.1, 0.15) is 0 Å². The lowest BCUT2D eigenvalue weighted by atomic mass is 10.2. The molecule has 2 fully saturated rings. The first kappa shape index (κ1) is 12.8. The van der Waals surface area contributed by atoms with Crippen LogP contribution in [0.1, 0.15) is 32.6 Å². The summed E-state index contributed by atoms with van der Waals surface area (Å²) in [6.07, 6.45) is 4.94. The van der Waals surface area contributed by atoms with Gasteiger partial charge < -0.3 is 10.2 Å². The zero-order valence-corrected chi connectivity index (χ0v) is 11.0. The van der Waals surface area contributed by atoms with Crippen molar-refractivity contribution in [2.45, 2.75) is 38.6 Å². The molecule has 0 aromatic carbocycles. The quantitative estimate of drug-likeness (QED) is 0.770. The fraction of sp³-hybridized carbons (Fsp3) is 0.923. The number of nitrogens with zero attached hydrogens (tertiary/aromatic N) is 2. The second-order valence-electron chi connectivity index (χ2n) is 5.32. The van der Waals surface area contributed by atoms with Crippen LogP contribution in [0.25, 0.3) is 0 Å². The van der Waals surface area contributed by atoms with E-state index in [4.69, 9.17) is 0 Å². The van der Waals surface area contributed by atoms with E-state index in [0.717, 1.165) is 32.7 Å². The summed E-state index contributed by atoms with van der Waals surface area (Å²) in [7, 11) is 0. The summed E-state index contributed by atoms with van der Waals surface area (Å²) in [6.45, 7) is 7.77. The van der Waals surface area contributed by atoms with Crippen molar-refractivity contribution in [3.63, 3.8) is 0 Å². The molecule has 2 saturated heterocycles. The summed E-state index contributed by atoms with van der Waals surface area (Å²) >= 11 is 0. The van der Waals surface area contributed by atoms with Crippen molar-refractivity contribution in [1.82, 2.24) is 15.1 Å². The Bertz CT molecular complexity index is 249. The second-order valence-corrected chi connectivity index (χ2v) is 5.32. The van der Waals surface area contributed by atoms with Crippen LogP contribution in [-0.4, -0.2) is 61.0 Å². The van der Waals surface area contributed by atoms with E-state index in [9.17, 15) is 4.79 Å². The van der Waals surface area contributed by atoms with E-state index in [0.29, 0.717) is 18.5 Å². The molecule has 0 spiro atoms. The number of nitrogens with one attached hydrogen (secondary N) is 1. The lowest BCUT2D eigenvalue weighted by molar-refractivity contribution is -0.133. The van der Waals surface area contributed by atoms with Crippen LogP contribution in [0.5, 0.6) is 0 Å². The van der Waals surface area contributed by atoms with E-state index in [1.807, 2.05) is 0 Å². The molecule has 0 aromatic heterocycles. The summed E-state index contributed by atoms with van der Waals surface area (Å²) in [6, 6.07) is 0.486. The lowest BCUT2D eigenvalue weighted by Gasteiger charge is -2.34. The first-order valence-corrected chi connectivity index (χ1v) is 7.00. The van der Waals surface area contributed by atoms with Gasteiger partial charge in [0.15, 0.2) is 0 Å². The van der Waals surface area contributed by atoms with E-state index < -0.39 is 0 Å². The zero-order valence-electron chi connectivity index (χ0n) is 11.0. The summed E-state index contributed by atoms with van der Waals surface area (Å²) in [4.78, 5) is 16.6. The van der Waals surface area contributed by atoms with E-state index >= 15 is 0 Å². The Balaban J connectivity index is 1.82. The van der Waals surface area contributed by atoms with Crippen LogP contribution in [0.2, 0.25) is 0 Å². The highest BCUT2D eigenvalue weighted by atomic mass is 16.2. The molecular weight excluding hydrogens is 214 g/mol. The average molecular weight is 239 g/mol. The van der Waals surface area contributed by atoms with Crippen molar-refractivity contribution in [3.8, 4) is 0 Å². The molecule has 0 bridgehead atoms. The molecule has 2 aliphatic rings. The molecule has 98 valence electrons. The van der Waals surface area contributed by atoms with Crippen LogP contribution in [0.15, 0.2) is 0 Å². The highest BCUT2D eigenvalue weighted by Gasteiger charge is 2.23. The van der Waals surface area contributed by atoms with Crippen LogP contribution in [0.4, 0.5) is 0 Å². The van der Waals surface area contributed by atoms with Gasteiger partial charge in [0.25, 0.3) is 0 Å². The van der Waals surface area contributed by atoms with Gasteiger partial charge in [-0.25, -0.2) is 0 Å². The van der Waals surface area contributed by atoms with Crippen molar-refractivity contribution < 1.29 is 4.79 Å². The summed E-state index contributed by atoms with van der Waals surface area (Å²) in [5, 5.41) is 3.36. The monoisotopic (exact) mass is 239 g/mol. The third-order valence-corrected chi connectivity index (χ3v) is 3.94. The molecular formula is C13H25N3O. The van der Waals surface area contributed by atoms with Gasteiger partial charge in [-0.3, -0.25) is 9.69 Å². The van der Waals surface area contributed by atoms with Crippen molar-refractivity contribution in [1.29, 1.82) is 0 Å². The van der Waals surface area contributed by atoms with E-state index in [-0.39, 0.29) is 0 Å². The third-order valence-electron chi connectivity index (χ3n) is 3.94. The molecule has 0 radical (unpaired) electrons. The van der Waals surface area contributed by atoms with Gasteiger partial charge in [0, 0.05) is 38.8 Å². The van der Waals surface area contributed by atoms with E-state index in [1.54, 1.807) is 0 Å². The first-order valence-electron chi connectivity index (χ1n) is 7.00. The van der Waals surface area contributed by atoms with Crippen molar-refractivity contribution >= 4 is 5.91 Å². The first-order chi connectivity index (χ1) is 8.27. The van der Waals surface area contributed by atoms with Gasteiger partial charge in [0.2, 0.25) is 5.91 Å². The van der Waals surface area contributed by atoms with Crippen molar-refractivity contribution in [2.75, 3.05) is 39.3 Å². The van der Waals surface area contributed by atoms with Crippen LogP contribution in [0.3, 0.4) is 0 Å². The Morgan fingerprint density at radius 3 is 2.53 bits per heavy atom. The smallest absolute Gasteiger partial charge is 0.236 e. The minimum atomic E-state index is 0.334. The highest BCUT2D eigenvalue weighted by Crippen LogP contribution is 2.11. The van der Waals surface area contributed by atoms with Gasteiger partial charge in [0.05, 0.1) is 6.54 Å². The number of hydrogen-bond donors (Lipinski definition) is 1. The van der Waals surface area contributed by atoms with Gasteiger partial charge >= 0.3 is 0 Å². The molecule has 0 aromatic rings. The predicted octanol–water partition coefficient (Wildman–Crippen LogP) is 0.683. The number of piperazine rings is 1. The molecule has 4 heteroatoms. The molecule has 2 heterocycles. The normalized spacial score (nSPS) is 27.8. The van der Waals surface area contributed by atoms with Crippen molar-refractivity contribution in [3.05, 3.63) is 0 Å². The van der Waals surface area contributed by atoms with Crippen molar-refractivity contribution in [2.24, 2.45) is 0 Å². The Morgan fingerprint density at radius 1 is 1.18 bits per heavy atom. The van der Waals surface area contributed by atoms with Crippen LogP contribution in [-0.2, 0) is 4.79 Å². The maximum absolute atomic E-state index is 12.2. The highest BCUT2D eigenvalue weighted by molar-refractivity contribution is 5.78. The standard InChI is InChI=1S/C13H25N3O/c1-12-10-14-6-9-16(12)11-13(17)15-7-4-2-3-5-8-15/h12,14H,2-11H2,1H3/t12-/m0/s1. The fourth-order valence-corrected chi connectivity index (χ4v) is 2.71. The number of carbonyl (C=O) groups is 1. The minimum absolute atomic E-state index is 0.334. The van der Waals surface area contributed by atoms with Gasteiger partial charge in [-0.1, -0.05) is 12.8 Å². The van der Waals surface area contributed by atoms with Crippen LogP contribution in [0, 0.1) is 0 Å². The molecule has 1 amide bonds. The zero-order chi connectivity index (χ0) is 12.1. The molecule has 2 rings (SSSR count). The fourth-order valence-electron chi connectivity index (χ4n) is 2.71. The predicted molar refractivity (Wildman–Crippen MR) is 69.0 cm³/mol. The SMILES string of the molecule is C[C@H]1CNCCN1CC(=O)N1CCCCCC1. The van der Waals surface area contributed by atoms with E-state index in [2.05, 4.69) is 22.0 Å². The molecule has 0 saturated carbocycles. The second kappa shape index (κ2) is 6.36. The van der Waals surface area contributed by atoms with E-state index in [1.165, 1.54) is 25.7 Å². The van der Waals surface area contributed by atoms with Gasteiger partial charge in [-0.2, -0.15) is 0 Å². The molecule has 0 unspecified atom stereocenters. The van der Waals surface area contributed by atoms with Gasteiger partial charge in [-0.15, -0.1) is 0 Å². The number of carbonyl (C=O) groups excluding carboxylic acids is 1. The largest absolute Gasteiger partial charge is 0.342 e. The number of amides is 1. The number of likely N-dealkylation sites (tertiary alicyclic amines) is 1. The molecule has 0 aliphatic carbocycles. The summed E-state index contributed by atoms with van der Waals surface area (Å²) in [5.74, 6) is 0.334. The molecule has 1 atom stereocenters. The third kappa shape index (κ3) is 3.68. The van der Waals surface area contributed by atoms with Crippen LogP contribution >= 0.6 is 0 Å². The Labute approximate surface area is 104 Å². The summed E-state index contributed by atoms with van der Waals surface area (Å²) in [5.41, 5.74) is 0. The molecule has 2 aliphatic heterocycles. The summed E-state index contributed by atoms with van der Waals surface area (Å²) < 4.78 is 0. The topological polar surface area (TPSA) is 35.6 Å². The number of rotatable bonds is 2. The van der Waals surface area contributed by atoms with Gasteiger partial charge in [-0.05, 0) is 19.8 Å². The number of hydrogen-bond acceptors (Lipinski definition) is 3. The Hall–Kier alpha value is -0.610. The molecule has 1 N–H and O–H groups in total. The maximum atomic E-state index is 12.2. The maximum Gasteiger partial charge on any atom is 0.236 e. The molecule has 4 nitrogen and oxygen atoms in total. The Morgan fingerprint density at radius 2 is 1.88 bits per heavy atom. The lowest BCUT2D eigenvalue weighted by Crippen LogP contribution is -2.53. The minimum Gasteiger partial charge on any atom is -0.342 e. The average Bonchev–Trinajstić information content (AvgIpc) is 2.61. The Kier molecular flexibility index (Phi) is 4.80.